The lowest BCUT2D eigenvalue weighted by atomic mass is 10.1. The first-order valence-electron chi connectivity index (χ1n) is 6.47. The molecule has 0 atom stereocenters. The van der Waals surface area contributed by atoms with Crippen LogP contribution in [0.2, 0.25) is 0 Å². The third-order valence-electron chi connectivity index (χ3n) is 3.10. The summed E-state index contributed by atoms with van der Waals surface area (Å²) < 4.78 is 4.98. The summed E-state index contributed by atoms with van der Waals surface area (Å²) in [6.45, 7) is 0. The van der Waals surface area contributed by atoms with Gasteiger partial charge in [0.1, 0.15) is 5.76 Å². The molecule has 0 radical (unpaired) electrons. The molecule has 0 fully saturated rings. The zero-order valence-corrected chi connectivity index (χ0v) is 13.2. The Balaban J connectivity index is 0.00000176. The molecule has 0 saturated carbocycles. The summed E-state index contributed by atoms with van der Waals surface area (Å²) in [5.41, 5.74) is 1.19. The van der Waals surface area contributed by atoms with Crippen molar-refractivity contribution in [3.05, 3.63) is 65.5 Å². The number of carboxylic acids is 1. The fourth-order valence-corrected chi connectivity index (χ4v) is 2.93. The van der Waals surface area contributed by atoms with Crippen LogP contribution < -0.4 is 0 Å². The average Bonchev–Trinajstić information content (AvgIpc) is 2.96. The van der Waals surface area contributed by atoms with Crippen LogP contribution in [-0.4, -0.2) is 16.2 Å². The molecule has 6 heteroatoms. The quantitative estimate of drug-likeness (QED) is 0.749. The molecule has 22 heavy (non-hydrogen) atoms. The predicted octanol–water partition coefficient (Wildman–Crippen LogP) is 4.38. The van der Waals surface area contributed by atoms with Gasteiger partial charge in [0.2, 0.25) is 0 Å². The summed E-state index contributed by atoms with van der Waals surface area (Å²) >= 11 is 1.67. The summed E-state index contributed by atoms with van der Waals surface area (Å²) in [5.74, 6) is 0.962. The van der Waals surface area contributed by atoms with Gasteiger partial charge >= 0.3 is 5.97 Å². The maximum atomic E-state index is 10.7. The number of carboxylic acid groups (broad SMARTS) is 1. The molecule has 3 rings (SSSR count). The Morgan fingerprint density at radius 1 is 1.09 bits per heavy atom. The second-order valence-corrected chi connectivity index (χ2v) is 5.64. The minimum absolute atomic E-state index is 0. The number of halogens is 1. The number of hydrogen-bond donors (Lipinski definition) is 1. The molecule has 114 valence electrons. The predicted molar refractivity (Wildman–Crippen MR) is 89.7 cm³/mol. The van der Waals surface area contributed by atoms with Crippen molar-refractivity contribution in [2.24, 2.45) is 0 Å². The average molecular weight is 336 g/mol. The Labute approximate surface area is 137 Å². The SMILES string of the molecule is Cl.O=C(O)c1cc(CSCc2ccc3ccccc3c2)on1. The standard InChI is InChI=1S/C16H13NO3S.ClH/c18-16(19)15-8-14(20-17-15)10-21-9-11-5-6-12-3-1-2-4-13(12)7-11;/h1-8H,9-10H2,(H,18,19);1H. The van der Waals surface area contributed by atoms with Crippen molar-refractivity contribution >= 4 is 40.9 Å². The number of aromatic nitrogens is 1. The van der Waals surface area contributed by atoms with Gasteiger partial charge in [0, 0.05) is 11.8 Å². The lowest BCUT2D eigenvalue weighted by Gasteiger charge is -2.03. The van der Waals surface area contributed by atoms with Gasteiger partial charge in [-0.3, -0.25) is 0 Å². The van der Waals surface area contributed by atoms with Crippen LogP contribution in [0.5, 0.6) is 0 Å². The zero-order chi connectivity index (χ0) is 14.7. The van der Waals surface area contributed by atoms with Crippen molar-refractivity contribution in [3.8, 4) is 0 Å². The Morgan fingerprint density at radius 3 is 2.59 bits per heavy atom. The van der Waals surface area contributed by atoms with Crippen molar-refractivity contribution in [1.82, 2.24) is 5.16 Å². The van der Waals surface area contributed by atoms with Gasteiger partial charge in [-0.05, 0) is 16.3 Å². The van der Waals surface area contributed by atoms with E-state index >= 15 is 0 Å². The number of thioether (sulfide) groups is 1. The van der Waals surface area contributed by atoms with E-state index in [2.05, 4.69) is 35.5 Å². The molecular weight excluding hydrogens is 322 g/mol. The minimum Gasteiger partial charge on any atom is -0.476 e. The van der Waals surface area contributed by atoms with Gasteiger partial charge in [-0.25, -0.2) is 4.79 Å². The highest BCUT2D eigenvalue weighted by Gasteiger charge is 2.10. The summed E-state index contributed by atoms with van der Waals surface area (Å²) in [7, 11) is 0. The molecule has 0 unspecified atom stereocenters. The Bertz CT molecular complexity index is 788. The molecule has 0 aliphatic rings. The van der Waals surface area contributed by atoms with E-state index in [4.69, 9.17) is 9.63 Å². The highest BCUT2D eigenvalue weighted by atomic mass is 35.5. The molecule has 0 aliphatic carbocycles. The normalized spacial score (nSPS) is 10.4. The van der Waals surface area contributed by atoms with E-state index in [0.717, 1.165) is 5.75 Å². The van der Waals surface area contributed by atoms with Gasteiger partial charge in [-0.1, -0.05) is 47.6 Å². The van der Waals surface area contributed by atoms with Gasteiger partial charge in [-0.15, -0.1) is 24.2 Å². The van der Waals surface area contributed by atoms with Crippen LogP contribution in [0.25, 0.3) is 10.8 Å². The third-order valence-corrected chi connectivity index (χ3v) is 4.13. The van der Waals surface area contributed by atoms with Gasteiger partial charge in [0.15, 0.2) is 5.69 Å². The van der Waals surface area contributed by atoms with Gasteiger partial charge < -0.3 is 9.63 Å². The van der Waals surface area contributed by atoms with E-state index in [1.54, 1.807) is 11.8 Å². The fourth-order valence-electron chi connectivity index (χ4n) is 2.08. The molecular formula is C16H14ClNO3S. The third kappa shape index (κ3) is 3.81. The maximum absolute atomic E-state index is 10.7. The first-order chi connectivity index (χ1) is 10.2. The minimum atomic E-state index is -1.07. The van der Waals surface area contributed by atoms with Crippen LogP contribution in [0, 0.1) is 0 Å². The summed E-state index contributed by atoms with van der Waals surface area (Å²) in [4.78, 5) is 10.7. The molecule has 0 bridgehead atoms. The van der Waals surface area contributed by atoms with Crippen LogP contribution in [-0.2, 0) is 11.5 Å². The Hall–Kier alpha value is -1.98. The Kier molecular flexibility index (Phi) is 5.46. The van der Waals surface area contributed by atoms with Crippen molar-refractivity contribution < 1.29 is 14.4 Å². The first-order valence-corrected chi connectivity index (χ1v) is 7.62. The largest absolute Gasteiger partial charge is 0.476 e. The maximum Gasteiger partial charge on any atom is 0.358 e. The number of rotatable bonds is 5. The number of nitrogens with zero attached hydrogens (tertiary/aromatic N) is 1. The molecule has 2 aromatic carbocycles. The van der Waals surface area contributed by atoms with E-state index < -0.39 is 5.97 Å². The van der Waals surface area contributed by atoms with E-state index in [9.17, 15) is 4.79 Å². The van der Waals surface area contributed by atoms with Crippen LogP contribution in [0.1, 0.15) is 21.8 Å². The van der Waals surface area contributed by atoms with Crippen LogP contribution in [0.15, 0.2) is 53.1 Å². The second kappa shape index (κ2) is 7.33. The van der Waals surface area contributed by atoms with E-state index in [-0.39, 0.29) is 18.1 Å². The summed E-state index contributed by atoms with van der Waals surface area (Å²) in [6.07, 6.45) is 0. The van der Waals surface area contributed by atoms with Gasteiger partial charge in [0.05, 0.1) is 5.75 Å². The molecule has 1 N–H and O–H groups in total. The highest BCUT2D eigenvalue weighted by molar-refractivity contribution is 7.97. The number of benzene rings is 2. The smallest absolute Gasteiger partial charge is 0.358 e. The molecule has 0 saturated heterocycles. The van der Waals surface area contributed by atoms with Crippen molar-refractivity contribution in [2.45, 2.75) is 11.5 Å². The Morgan fingerprint density at radius 2 is 1.86 bits per heavy atom. The van der Waals surface area contributed by atoms with Crippen molar-refractivity contribution in [2.75, 3.05) is 0 Å². The molecule has 0 spiro atoms. The monoisotopic (exact) mass is 335 g/mol. The van der Waals surface area contributed by atoms with Crippen molar-refractivity contribution in [1.29, 1.82) is 0 Å². The van der Waals surface area contributed by atoms with E-state index in [0.29, 0.717) is 11.5 Å². The zero-order valence-electron chi connectivity index (χ0n) is 11.6. The number of hydrogen-bond acceptors (Lipinski definition) is 4. The summed E-state index contributed by atoms with van der Waals surface area (Å²) in [6, 6.07) is 16.1. The molecule has 0 amide bonds. The molecule has 4 nitrogen and oxygen atoms in total. The van der Waals surface area contributed by atoms with Crippen LogP contribution in [0.3, 0.4) is 0 Å². The molecule has 1 heterocycles. The fraction of sp³-hybridized carbons (Fsp3) is 0.125. The van der Waals surface area contributed by atoms with Crippen LogP contribution in [0.4, 0.5) is 0 Å². The van der Waals surface area contributed by atoms with Gasteiger partial charge in [-0.2, -0.15) is 0 Å². The first kappa shape index (κ1) is 16.4. The number of fused-ring (bicyclic) bond motifs is 1. The van der Waals surface area contributed by atoms with E-state index in [1.165, 1.54) is 22.4 Å². The number of aromatic carboxylic acids is 1. The topological polar surface area (TPSA) is 63.3 Å². The molecule has 0 aliphatic heterocycles. The van der Waals surface area contributed by atoms with Crippen LogP contribution >= 0.6 is 24.2 Å². The lowest BCUT2D eigenvalue weighted by Crippen LogP contribution is -1.94. The second-order valence-electron chi connectivity index (χ2n) is 4.66. The highest BCUT2D eigenvalue weighted by Crippen LogP contribution is 2.22. The molecule has 1 aromatic heterocycles. The number of carbonyl (C=O) groups is 1. The van der Waals surface area contributed by atoms with E-state index in [1.807, 2.05) is 12.1 Å². The van der Waals surface area contributed by atoms with Crippen molar-refractivity contribution in [3.63, 3.8) is 0 Å². The molecule has 3 aromatic rings. The lowest BCUT2D eigenvalue weighted by molar-refractivity contribution is 0.0685. The summed E-state index contributed by atoms with van der Waals surface area (Å²) in [5, 5.41) is 14.7. The van der Waals surface area contributed by atoms with Gasteiger partial charge in [0.25, 0.3) is 0 Å².